The lowest BCUT2D eigenvalue weighted by atomic mass is 10.4. The number of hydrogen-bond donors (Lipinski definition) is 2. The number of guanidine groups is 1. The molecule has 3 N–H and O–H groups in total. The van der Waals surface area contributed by atoms with Gasteiger partial charge in [-0.1, -0.05) is 0 Å². The van der Waals surface area contributed by atoms with Gasteiger partial charge in [-0.25, -0.2) is 5.84 Å². The number of nitrogens with zero attached hydrogens (tertiary/aromatic N) is 3. The zero-order chi connectivity index (χ0) is 11.0. The first-order chi connectivity index (χ1) is 6.61. The van der Waals surface area contributed by atoms with Crippen molar-refractivity contribution in [3.05, 3.63) is 0 Å². The Kier molecular flexibility index (Phi) is 7.14. The van der Waals surface area contributed by atoms with Crippen LogP contribution in [0.1, 0.15) is 13.3 Å². The highest BCUT2D eigenvalue weighted by Gasteiger charge is 2.03. The minimum absolute atomic E-state index is 0.748. The van der Waals surface area contributed by atoms with E-state index in [2.05, 4.69) is 29.4 Å². The first-order valence-electron chi connectivity index (χ1n) is 4.98. The lowest BCUT2D eigenvalue weighted by molar-refractivity contribution is 0.366. The topological polar surface area (TPSA) is 56.9 Å². The maximum atomic E-state index is 5.36. The van der Waals surface area contributed by atoms with Gasteiger partial charge in [0.25, 0.3) is 0 Å². The molecule has 0 aromatic carbocycles. The Bertz CT molecular complexity index is 167. The van der Waals surface area contributed by atoms with Crippen molar-refractivity contribution in [3.63, 3.8) is 0 Å². The summed E-state index contributed by atoms with van der Waals surface area (Å²) in [7, 11) is 6.13. The van der Waals surface area contributed by atoms with Crippen molar-refractivity contribution >= 4 is 5.96 Å². The summed E-state index contributed by atoms with van der Waals surface area (Å²) in [6, 6.07) is 0. The fourth-order valence-corrected chi connectivity index (χ4v) is 1.16. The summed E-state index contributed by atoms with van der Waals surface area (Å²) < 4.78 is 0. The maximum Gasteiger partial charge on any atom is 0.208 e. The molecule has 0 heterocycles. The molecule has 0 aromatic heterocycles. The van der Waals surface area contributed by atoms with E-state index >= 15 is 0 Å². The van der Waals surface area contributed by atoms with Crippen LogP contribution in [0.15, 0.2) is 4.99 Å². The molecule has 0 aromatic rings. The third-order valence-electron chi connectivity index (χ3n) is 1.90. The fourth-order valence-electron chi connectivity index (χ4n) is 1.16. The van der Waals surface area contributed by atoms with Gasteiger partial charge in [-0.2, -0.15) is 0 Å². The highest BCUT2D eigenvalue weighted by Crippen LogP contribution is 1.90. The second kappa shape index (κ2) is 7.58. The van der Waals surface area contributed by atoms with Crippen LogP contribution in [0.25, 0.3) is 0 Å². The lowest BCUT2D eigenvalue weighted by Crippen LogP contribution is -2.43. The molecule has 0 bridgehead atoms. The van der Waals surface area contributed by atoms with E-state index in [9.17, 15) is 0 Å². The zero-order valence-corrected chi connectivity index (χ0v) is 9.75. The van der Waals surface area contributed by atoms with Crippen molar-refractivity contribution in [1.82, 2.24) is 15.2 Å². The van der Waals surface area contributed by atoms with Gasteiger partial charge in [-0.05, 0) is 34.0 Å². The van der Waals surface area contributed by atoms with E-state index in [0.717, 1.165) is 32.0 Å². The smallest absolute Gasteiger partial charge is 0.208 e. The first-order valence-corrected chi connectivity index (χ1v) is 4.98. The van der Waals surface area contributed by atoms with Gasteiger partial charge in [0, 0.05) is 20.1 Å². The number of nitrogens with one attached hydrogen (secondary N) is 1. The second-order valence-corrected chi connectivity index (χ2v) is 3.52. The van der Waals surface area contributed by atoms with Crippen LogP contribution in [0.2, 0.25) is 0 Å². The number of nitrogens with two attached hydrogens (primary N) is 1. The monoisotopic (exact) mass is 201 g/mol. The van der Waals surface area contributed by atoms with E-state index in [-0.39, 0.29) is 0 Å². The van der Waals surface area contributed by atoms with Gasteiger partial charge >= 0.3 is 0 Å². The van der Waals surface area contributed by atoms with Crippen LogP contribution in [-0.4, -0.2) is 56.5 Å². The van der Waals surface area contributed by atoms with Gasteiger partial charge in [0.2, 0.25) is 5.96 Å². The minimum Gasteiger partial charge on any atom is -0.345 e. The molecule has 0 amide bonds. The molecule has 0 saturated carbocycles. The molecule has 5 heteroatoms. The molecular weight excluding hydrogens is 178 g/mol. The maximum absolute atomic E-state index is 5.36. The third kappa shape index (κ3) is 5.77. The van der Waals surface area contributed by atoms with Crippen LogP contribution in [0, 0.1) is 0 Å². The Balaban J connectivity index is 3.81. The molecule has 0 aliphatic heterocycles. The molecule has 14 heavy (non-hydrogen) atoms. The van der Waals surface area contributed by atoms with E-state index < -0.39 is 0 Å². The summed E-state index contributed by atoms with van der Waals surface area (Å²) in [4.78, 5) is 8.43. The number of hydrazine groups is 1. The van der Waals surface area contributed by atoms with Crippen LogP contribution in [0.5, 0.6) is 0 Å². The van der Waals surface area contributed by atoms with Gasteiger partial charge in [-0.15, -0.1) is 0 Å². The van der Waals surface area contributed by atoms with Gasteiger partial charge in [0.1, 0.15) is 0 Å². The van der Waals surface area contributed by atoms with Crippen molar-refractivity contribution in [3.8, 4) is 0 Å². The van der Waals surface area contributed by atoms with E-state index in [1.165, 1.54) is 0 Å². The molecule has 0 aliphatic carbocycles. The molecule has 84 valence electrons. The van der Waals surface area contributed by atoms with E-state index in [4.69, 9.17) is 5.84 Å². The molecule has 0 rings (SSSR count). The molecule has 5 nitrogen and oxygen atoms in total. The summed E-state index contributed by atoms with van der Waals surface area (Å²) in [5.41, 5.74) is 2.60. The third-order valence-corrected chi connectivity index (χ3v) is 1.90. The molecular formula is C9H23N5. The molecule has 0 fully saturated rings. The molecule has 0 spiro atoms. The number of aliphatic imine (C=N–C) groups is 1. The lowest BCUT2D eigenvalue weighted by Gasteiger charge is -2.21. The summed E-state index contributed by atoms with van der Waals surface area (Å²) >= 11 is 0. The van der Waals surface area contributed by atoms with Crippen LogP contribution in [0.4, 0.5) is 0 Å². The Labute approximate surface area is 86.9 Å². The van der Waals surface area contributed by atoms with E-state index in [1.54, 1.807) is 0 Å². The van der Waals surface area contributed by atoms with Crippen LogP contribution in [0.3, 0.4) is 0 Å². The highest BCUT2D eigenvalue weighted by atomic mass is 15.4. The quantitative estimate of drug-likeness (QED) is 0.278. The van der Waals surface area contributed by atoms with Crippen LogP contribution < -0.4 is 11.3 Å². The Morgan fingerprint density at radius 3 is 2.36 bits per heavy atom. The van der Waals surface area contributed by atoms with E-state index in [0.29, 0.717) is 0 Å². The highest BCUT2D eigenvalue weighted by molar-refractivity contribution is 5.79. The SMILES string of the molecule is CCN=C(NN)N(C)CCCN(C)C. The minimum atomic E-state index is 0.748. The predicted octanol–water partition coefficient (Wildman–Crippen LogP) is -0.291. The molecule has 0 aliphatic rings. The Morgan fingerprint density at radius 1 is 1.29 bits per heavy atom. The number of hydrogen-bond acceptors (Lipinski definition) is 3. The normalized spacial score (nSPS) is 12.0. The summed E-state index contributed by atoms with van der Waals surface area (Å²) in [5.74, 6) is 6.11. The Hall–Kier alpha value is -0.810. The molecule has 0 saturated heterocycles. The Morgan fingerprint density at radius 2 is 1.93 bits per heavy atom. The molecule has 0 unspecified atom stereocenters. The van der Waals surface area contributed by atoms with Gasteiger partial charge in [0.05, 0.1) is 0 Å². The van der Waals surface area contributed by atoms with Crippen molar-refractivity contribution in [2.75, 3.05) is 40.8 Å². The van der Waals surface area contributed by atoms with Crippen molar-refractivity contribution < 1.29 is 0 Å². The summed E-state index contributed by atoms with van der Waals surface area (Å²) in [5, 5.41) is 0. The number of rotatable bonds is 5. The van der Waals surface area contributed by atoms with Crippen molar-refractivity contribution in [2.24, 2.45) is 10.8 Å². The van der Waals surface area contributed by atoms with Crippen LogP contribution in [-0.2, 0) is 0 Å². The predicted molar refractivity (Wildman–Crippen MR) is 61.1 cm³/mol. The summed E-state index contributed by atoms with van der Waals surface area (Å²) in [6.07, 6.45) is 1.11. The average Bonchev–Trinajstić information content (AvgIpc) is 2.13. The standard InChI is InChI=1S/C9H23N5/c1-5-11-9(12-10)14(4)8-6-7-13(2)3/h5-8,10H2,1-4H3,(H,11,12). The molecule has 0 atom stereocenters. The summed E-state index contributed by atoms with van der Waals surface area (Å²) in [6.45, 7) is 4.78. The average molecular weight is 201 g/mol. The fraction of sp³-hybridized carbons (Fsp3) is 0.889. The van der Waals surface area contributed by atoms with E-state index in [1.807, 2.05) is 18.9 Å². The first kappa shape index (κ1) is 13.2. The van der Waals surface area contributed by atoms with Crippen molar-refractivity contribution in [2.45, 2.75) is 13.3 Å². The van der Waals surface area contributed by atoms with Gasteiger partial charge in [0.15, 0.2) is 0 Å². The second-order valence-electron chi connectivity index (χ2n) is 3.52. The molecule has 0 radical (unpaired) electrons. The zero-order valence-electron chi connectivity index (χ0n) is 9.75. The largest absolute Gasteiger partial charge is 0.345 e. The van der Waals surface area contributed by atoms with Gasteiger partial charge < -0.3 is 9.80 Å². The van der Waals surface area contributed by atoms with Crippen LogP contribution >= 0.6 is 0 Å². The van der Waals surface area contributed by atoms with Crippen molar-refractivity contribution in [1.29, 1.82) is 0 Å². The van der Waals surface area contributed by atoms with Gasteiger partial charge in [-0.3, -0.25) is 10.4 Å².